The Hall–Kier alpha value is -6.04. The molecule has 3 heterocycles. The summed E-state index contributed by atoms with van der Waals surface area (Å²) in [4.78, 5) is 56.4. The fourth-order valence-corrected chi connectivity index (χ4v) is 7.83. The molecule has 3 atom stereocenters. The predicted octanol–water partition coefficient (Wildman–Crippen LogP) is 6.54. The van der Waals surface area contributed by atoms with E-state index in [1.54, 1.807) is 24.5 Å². The molecular weight excluding hydrogens is 767 g/mol. The minimum absolute atomic E-state index is 0.00941. The number of β-amino-alcohol motifs (C(OH)–C–C–N with tert-alkyl or cyclic N) is 1. The molecule has 0 saturated carbocycles. The molecule has 1 aliphatic rings. The van der Waals surface area contributed by atoms with Crippen LogP contribution in [-0.4, -0.2) is 81.1 Å². The minimum atomic E-state index is -0.897. The molecule has 1 fully saturated rings. The molecule has 59 heavy (non-hydrogen) atoms. The molecule has 2 aromatic heterocycles. The van der Waals surface area contributed by atoms with Crippen LogP contribution in [0.25, 0.3) is 21.3 Å². The van der Waals surface area contributed by atoms with Crippen molar-refractivity contribution < 1.29 is 29.0 Å². The van der Waals surface area contributed by atoms with E-state index in [4.69, 9.17) is 15.9 Å². The van der Waals surface area contributed by atoms with Gasteiger partial charge in [-0.25, -0.2) is 15.0 Å². The van der Waals surface area contributed by atoms with Gasteiger partial charge < -0.3 is 35.4 Å². The van der Waals surface area contributed by atoms with Gasteiger partial charge in [-0.15, -0.1) is 17.8 Å². The quantitative estimate of drug-likeness (QED) is 0.0634. The Kier molecular flexibility index (Phi) is 13.8. The lowest BCUT2D eigenvalue weighted by molar-refractivity contribution is -0.144. The molecule has 3 amide bonds. The summed E-state index contributed by atoms with van der Waals surface area (Å²) in [7, 11) is 1.57. The van der Waals surface area contributed by atoms with E-state index in [1.807, 2.05) is 87.8 Å². The summed E-state index contributed by atoms with van der Waals surface area (Å²) in [5, 5.41) is 20.5. The molecular formula is C45H51N7O6S. The molecule has 3 aromatic carbocycles. The van der Waals surface area contributed by atoms with Crippen LogP contribution in [0, 0.1) is 24.7 Å². The fourth-order valence-electron chi connectivity index (χ4n) is 7.02. The summed E-state index contributed by atoms with van der Waals surface area (Å²) in [5.41, 5.74) is 6.31. The Bertz CT molecular complexity index is 2320. The van der Waals surface area contributed by atoms with E-state index < -0.39 is 29.5 Å². The summed E-state index contributed by atoms with van der Waals surface area (Å²) in [6.07, 6.45) is 8.48. The number of rotatable bonds is 16. The third-order valence-electron chi connectivity index (χ3n) is 10.2. The zero-order valence-electron chi connectivity index (χ0n) is 34.1. The Morgan fingerprint density at radius 2 is 1.83 bits per heavy atom. The number of amides is 3. The SMILES string of the molecule is C#Cc1cccc(Nc2ncnc3cc(OC)c(OCCCCCC(=O)N[C@H](C(=O)N4C[C@H](O)C[C@H]4C(=O)NCc4ccc(-c5scnc5C)cc4)C(C)(C)C)cc23)c1. The number of hydrogen-bond acceptors (Lipinski definition) is 11. The van der Waals surface area contributed by atoms with E-state index in [9.17, 15) is 19.5 Å². The standard InChI is InChI=1S/C45H51N7O6S/c1-7-29-12-11-13-32(20-29)50-42-34-22-38(37(57-6)23-35(34)47-26-48-42)58-19-10-8-9-14-39(54)51-41(45(3,4)5)44(56)52-25-33(53)21-36(52)43(55)46-24-30-15-17-31(18-16-30)40-28(2)49-27-59-40/h1,11-13,15-18,20,22-23,26-27,33,36,41,53H,8-10,14,19,21,24-25H2,2-6H3,(H,46,55)(H,51,54)(H,47,48,50)/t33-,36+,41-/m1/s1. The number of thiazole rings is 1. The lowest BCUT2D eigenvalue weighted by Crippen LogP contribution is -2.57. The Morgan fingerprint density at radius 3 is 2.54 bits per heavy atom. The number of unbranched alkanes of at least 4 members (excludes halogenated alkanes) is 2. The number of aliphatic hydroxyl groups excluding tert-OH is 1. The number of aromatic nitrogens is 3. The van der Waals surface area contributed by atoms with Crippen LogP contribution in [0.2, 0.25) is 0 Å². The summed E-state index contributed by atoms with van der Waals surface area (Å²) in [6, 6.07) is 17.3. The first-order valence-corrected chi connectivity index (χ1v) is 20.6. The number of terminal acetylenes is 1. The summed E-state index contributed by atoms with van der Waals surface area (Å²) in [6.45, 7) is 8.24. The third kappa shape index (κ3) is 10.7. The van der Waals surface area contributed by atoms with Crippen LogP contribution < -0.4 is 25.4 Å². The lowest BCUT2D eigenvalue weighted by atomic mass is 9.85. The first-order valence-electron chi connectivity index (χ1n) is 19.7. The second-order valence-electron chi connectivity index (χ2n) is 15.7. The van der Waals surface area contributed by atoms with Crippen molar-refractivity contribution in [1.82, 2.24) is 30.5 Å². The average Bonchev–Trinajstić information content (AvgIpc) is 3.84. The highest BCUT2D eigenvalue weighted by molar-refractivity contribution is 7.13. The first kappa shape index (κ1) is 42.6. The van der Waals surface area contributed by atoms with Crippen LogP contribution in [0.3, 0.4) is 0 Å². The first-order chi connectivity index (χ1) is 28.3. The van der Waals surface area contributed by atoms with Crippen molar-refractivity contribution in [3.05, 3.63) is 89.3 Å². The molecule has 308 valence electrons. The maximum atomic E-state index is 14.0. The third-order valence-corrected chi connectivity index (χ3v) is 11.2. The highest BCUT2D eigenvalue weighted by Crippen LogP contribution is 2.35. The van der Waals surface area contributed by atoms with Gasteiger partial charge in [0.1, 0.15) is 24.2 Å². The normalized spacial score (nSPS) is 15.6. The van der Waals surface area contributed by atoms with Crippen LogP contribution in [0.5, 0.6) is 11.5 Å². The highest BCUT2D eigenvalue weighted by Gasteiger charge is 2.44. The van der Waals surface area contributed by atoms with Crippen LogP contribution in [0.15, 0.2) is 72.5 Å². The number of nitrogens with one attached hydrogen (secondary N) is 3. The maximum absolute atomic E-state index is 14.0. The van der Waals surface area contributed by atoms with Gasteiger partial charge in [0.2, 0.25) is 17.7 Å². The molecule has 0 radical (unpaired) electrons. The van der Waals surface area contributed by atoms with Crippen molar-refractivity contribution in [2.45, 2.75) is 84.5 Å². The number of aliphatic hydroxyl groups is 1. The maximum Gasteiger partial charge on any atom is 0.246 e. The molecule has 0 spiro atoms. The zero-order chi connectivity index (χ0) is 42.1. The van der Waals surface area contributed by atoms with Crippen molar-refractivity contribution in [1.29, 1.82) is 0 Å². The predicted molar refractivity (Wildman–Crippen MR) is 229 cm³/mol. The number of likely N-dealkylation sites (tertiary alicyclic amines) is 1. The monoisotopic (exact) mass is 817 g/mol. The number of carbonyl (C=O) groups excluding carboxylic acids is 3. The average molecular weight is 818 g/mol. The number of benzene rings is 3. The van der Waals surface area contributed by atoms with Crippen molar-refractivity contribution in [3.8, 4) is 34.3 Å². The van der Waals surface area contributed by atoms with Crippen molar-refractivity contribution in [2.24, 2.45) is 5.41 Å². The number of ether oxygens (including phenoxy) is 2. The number of anilines is 2. The molecule has 0 aliphatic carbocycles. The molecule has 5 aromatic rings. The van der Waals surface area contributed by atoms with E-state index >= 15 is 0 Å². The molecule has 14 heteroatoms. The Morgan fingerprint density at radius 1 is 1.03 bits per heavy atom. The van der Waals surface area contributed by atoms with Gasteiger partial charge in [-0.3, -0.25) is 14.4 Å². The van der Waals surface area contributed by atoms with Gasteiger partial charge in [-0.05, 0) is 67.0 Å². The number of carbonyl (C=O) groups is 3. The number of methoxy groups -OCH3 is 1. The van der Waals surface area contributed by atoms with Crippen molar-refractivity contribution in [3.63, 3.8) is 0 Å². The molecule has 1 aliphatic heterocycles. The molecule has 0 bridgehead atoms. The van der Waals surface area contributed by atoms with Gasteiger partial charge in [-0.1, -0.05) is 57.0 Å². The molecule has 1 saturated heterocycles. The van der Waals surface area contributed by atoms with E-state index in [1.165, 1.54) is 11.2 Å². The van der Waals surface area contributed by atoms with Gasteiger partial charge in [0.25, 0.3) is 0 Å². The van der Waals surface area contributed by atoms with Gasteiger partial charge in [0.15, 0.2) is 11.5 Å². The van der Waals surface area contributed by atoms with Crippen LogP contribution in [-0.2, 0) is 20.9 Å². The number of fused-ring (bicyclic) bond motifs is 1. The second kappa shape index (κ2) is 19.1. The van der Waals surface area contributed by atoms with E-state index in [0.29, 0.717) is 48.7 Å². The van der Waals surface area contributed by atoms with E-state index in [2.05, 4.69) is 36.8 Å². The number of nitrogens with zero attached hydrogens (tertiary/aromatic N) is 4. The van der Waals surface area contributed by atoms with E-state index in [0.717, 1.165) is 38.3 Å². The number of aryl methyl sites for hydroxylation is 1. The largest absolute Gasteiger partial charge is 0.493 e. The van der Waals surface area contributed by atoms with Crippen LogP contribution in [0.4, 0.5) is 11.5 Å². The highest BCUT2D eigenvalue weighted by atomic mass is 32.1. The van der Waals surface area contributed by atoms with Gasteiger partial charge in [0, 0.05) is 48.6 Å². The molecule has 13 nitrogen and oxygen atoms in total. The Balaban J connectivity index is 0.991. The molecule has 0 unspecified atom stereocenters. The molecule has 6 rings (SSSR count). The smallest absolute Gasteiger partial charge is 0.246 e. The van der Waals surface area contributed by atoms with Gasteiger partial charge in [0.05, 0.1) is 41.4 Å². The van der Waals surface area contributed by atoms with Crippen LogP contribution in [0.1, 0.15) is 69.7 Å². The summed E-state index contributed by atoms with van der Waals surface area (Å²) in [5.74, 6) is 3.29. The second-order valence-corrected chi connectivity index (χ2v) is 16.6. The topological polar surface area (TPSA) is 168 Å². The Labute approximate surface area is 349 Å². The molecule has 4 N–H and O–H groups in total. The lowest BCUT2D eigenvalue weighted by Gasteiger charge is -2.35. The zero-order valence-corrected chi connectivity index (χ0v) is 34.9. The van der Waals surface area contributed by atoms with E-state index in [-0.39, 0.29) is 37.7 Å². The summed E-state index contributed by atoms with van der Waals surface area (Å²) >= 11 is 1.58. The summed E-state index contributed by atoms with van der Waals surface area (Å²) < 4.78 is 11.7. The van der Waals surface area contributed by atoms with Crippen molar-refractivity contribution in [2.75, 3.05) is 25.6 Å². The fraction of sp³-hybridized carbons (Fsp3) is 0.378. The van der Waals surface area contributed by atoms with Crippen molar-refractivity contribution >= 4 is 51.5 Å². The number of hydrogen-bond donors (Lipinski definition) is 4. The van der Waals surface area contributed by atoms with Gasteiger partial charge >= 0.3 is 0 Å². The van der Waals surface area contributed by atoms with Crippen LogP contribution >= 0.6 is 11.3 Å². The van der Waals surface area contributed by atoms with Gasteiger partial charge in [-0.2, -0.15) is 0 Å². The minimum Gasteiger partial charge on any atom is -0.493 e.